The third-order valence-corrected chi connectivity index (χ3v) is 4.93. The van der Waals surface area contributed by atoms with E-state index in [1.165, 1.54) is 4.90 Å². The van der Waals surface area contributed by atoms with E-state index >= 15 is 0 Å². The van der Waals surface area contributed by atoms with E-state index in [1.54, 1.807) is 11.9 Å². The van der Waals surface area contributed by atoms with Gasteiger partial charge in [-0.3, -0.25) is 4.90 Å². The molecular weight excluding hydrogens is 286 g/mol. The summed E-state index contributed by atoms with van der Waals surface area (Å²) >= 11 is 0. The molecule has 0 aromatic heterocycles. The molecule has 2 fully saturated rings. The van der Waals surface area contributed by atoms with Crippen LogP contribution in [0.15, 0.2) is 0 Å². The number of carboxylic acids is 1. The van der Waals surface area contributed by atoms with Crippen LogP contribution < -0.4 is 0 Å². The first-order chi connectivity index (χ1) is 10.2. The number of morpholine rings is 1. The Morgan fingerprint density at radius 2 is 1.86 bits per heavy atom. The summed E-state index contributed by atoms with van der Waals surface area (Å²) < 4.78 is 5.31. The zero-order valence-corrected chi connectivity index (χ0v) is 14.0. The highest BCUT2D eigenvalue weighted by atomic mass is 16.5. The van der Waals surface area contributed by atoms with Crippen molar-refractivity contribution < 1.29 is 19.4 Å². The number of urea groups is 1. The van der Waals surface area contributed by atoms with Crippen molar-refractivity contribution in [1.29, 1.82) is 0 Å². The van der Waals surface area contributed by atoms with Crippen molar-refractivity contribution in [1.82, 2.24) is 14.7 Å². The third-order valence-electron chi connectivity index (χ3n) is 4.93. The lowest BCUT2D eigenvalue weighted by Gasteiger charge is -2.41. The molecule has 7 heteroatoms. The van der Waals surface area contributed by atoms with Crippen LogP contribution in [0.4, 0.5) is 4.79 Å². The normalized spacial score (nSPS) is 27.5. The number of hydrogen-bond acceptors (Lipinski definition) is 4. The van der Waals surface area contributed by atoms with Crippen molar-refractivity contribution in [2.45, 2.75) is 26.3 Å². The Labute approximate surface area is 131 Å². The standard InChI is InChI=1S/C15H27N3O4/c1-14(2,3)15(12(19)20)11-18(13(21)16(15)4)6-5-17-7-9-22-10-8-17/h5-11H2,1-4H3,(H,19,20). The first-order valence-electron chi connectivity index (χ1n) is 7.76. The van der Waals surface area contributed by atoms with E-state index in [4.69, 9.17) is 4.74 Å². The fourth-order valence-corrected chi connectivity index (χ4v) is 3.36. The lowest BCUT2D eigenvalue weighted by molar-refractivity contribution is -0.154. The largest absolute Gasteiger partial charge is 0.479 e. The van der Waals surface area contributed by atoms with Crippen LogP contribution >= 0.6 is 0 Å². The minimum atomic E-state index is -1.19. The molecule has 2 amide bonds. The van der Waals surface area contributed by atoms with Gasteiger partial charge in [-0.1, -0.05) is 20.8 Å². The highest BCUT2D eigenvalue weighted by molar-refractivity contribution is 5.91. The molecule has 0 spiro atoms. The molecule has 7 nitrogen and oxygen atoms in total. The van der Waals surface area contributed by atoms with Crippen molar-refractivity contribution in [3.63, 3.8) is 0 Å². The van der Waals surface area contributed by atoms with Crippen molar-refractivity contribution >= 4 is 12.0 Å². The first-order valence-corrected chi connectivity index (χ1v) is 7.76. The molecule has 0 aromatic rings. The Bertz CT molecular complexity index is 443. The van der Waals surface area contributed by atoms with E-state index in [0.717, 1.165) is 32.8 Å². The maximum Gasteiger partial charge on any atom is 0.332 e. The van der Waals surface area contributed by atoms with Crippen LogP contribution in [-0.4, -0.2) is 90.3 Å². The van der Waals surface area contributed by atoms with Gasteiger partial charge in [0.1, 0.15) is 0 Å². The lowest BCUT2D eigenvalue weighted by Crippen LogP contribution is -2.60. The van der Waals surface area contributed by atoms with Crippen LogP contribution in [-0.2, 0) is 9.53 Å². The maximum absolute atomic E-state index is 12.5. The summed E-state index contributed by atoms with van der Waals surface area (Å²) in [4.78, 5) is 29.7. The monoisotopic (exact) mass is 313 g/mol. The van der Waals surface area contributed by atoms with E-state index in [-0.39, 0.29) is 12.6 Å². The molecule has 2 aliphatic heterocycles. The summed E-state index contributed by atoms with van der Waals surface area (Å²) in [6.45, 7) is 10.3. The van der Waals surface area contributed by atoms with Crippen LogP contribution in [0.1, 0.15) is 20.8 Å². The number of likely N-dealkylation sites (N-methyl/N-ethyl adjacent to an activating group) is 1. The van der Waals surface area contributed by atoms with Gasteiger partial charge in [0, 0.05) is 33.2 Å². The summed E-state index contributed by atoms with van der Waals surface area (Å²) in [5, 5.41) is 9.77. The van der Waals surface area contributed by atoms with Gasteiger partial charge in [0.15, 0.2) is 5.54 Å². The van der Waals surface area contributed by atoms with Gasteiger partial charge < -0.3 is 19.6 Å². The molecule has 0 bridgehead atoms. The fourth-order valence-electron chi connectivity index (χ4n) is 3.36. The van der Waals surface area contributed by atoms with Gasteiger partial charge in [-0.2, -0.15) is 0 Å². The third kappa shape index (κ3) is 2.79. The second-order valence-corrected chi connectivity index (χ2v) is 7.13. The number of aliphatic carboxylic acids is 1. The van der Waals surface area contributed by atoms with Gasteiger partial charge in [0.05, 0.1) is 19.8 Å². The molecule has 1 N–H and O–H groups in total. The van der Waals surface area contributed by atoms with Gasteiger partial charge in [-0.25, -0.2) is 9.59 Å². The summed E-state index contributed by atoms with van der Waals surface area (Å²) in [6.07, 6.45) is 0. The van der Waals surface area contributed by atoms with E-state index in [0.29, 0.717) is 6.54 Å². The van der Waals surface area contributed by atoms with Crippen molar-refractivity contribution in [2.24, 2.45) is 5.41 Å². The van der Waals surface area contributed by atoms with Crippen molar-refractivity contribution in [2.75, 3.05) is 53.0 Å². The fraction of sp³-hybridized carbons (Fsp3) is 0.867. The van der Waals surface area contributed by atoms with E-state index in [2.05, 4.69) is 4.90 Å². The highest BCUT2D eigenvalue weighted by Crippen LogP contribution is 2.40. The van der Waals surface area contributed by atoms with Crippen LogP contribution in [0.3, 0.4) is 0 Å². The average Bonchev–Trinajstić information content (AvgIpc) is 2.71. The van der Waals surface area contributed by atoms with Crippen LogP contribution in [0.2, 0.25) is 0 Å². The smallest absolute Gasteiger partial charge is 0.332 e. The lowest BCUT2D eigenvalue weighted by atomic mass is 9.73. The predicted molar refractivity (Wildman–Crippen MR) is 81.8 cm³/mol. The zero-order chi connectivity index (χ0) is 16.5. The van der Waals surface area contributed by atoms with Crippen molar-refractivity contribution in [3.05, 3.63) is 0 Å². The molecular formula is C15H27N3O4. The Hall–Kier alpha value is -1.34. The molecule has 1 unspecified atom stereocenters. The Morgan fingerprint density at radius 3 is 2.32 bits per heavy atom. The molecule has 22 heavy (non-hydrogen) atoms. The molecule has 0 aromatic carbocycles. The minimum Gasteiger partial charge on any atom is -0.479 e. The number of carboxylic acid groups (broad SMARTS) is 1. The van der Waals surface area contributed by atoms with E-state index in [9.17, 15) is 14.7 Å². The van der Waals surface area contributed by atoms with Gasteiger partial charge in [-0.05, 0) is 5.41 Å². The Kier molecular flexibility index (Phi) is 4.67. The molecule has 126 valence electrons. The molecule has 2 aliphatic rings. The Balaban J connectivity index is 2.08. The van der Waals surface area contributed by atoms with Crippen LogP contribution in [0.25, 0.3) is 0 Å². The van der Waals surface area contributed by atoms with E-state index in [1.807, 2.05) is 20.8 Å². The summed E-state index contributed by atoms with van der Waals surface area (Å²) in [6, 6.07) is -0.203. The van der Waals surface area contributed by atoms with Gasteiger partial charge in [-0.15, -0.1) is 0 Å². The van der Waals surface area contributed by atoms with Crippen LogP contribution in [0.5, 0.6) is 0 Å². The molecule has 0 saturated carbocycles. The topological polar surface area (TPSA) is 73.3 Å². The second kappa shape index (κ2) is 6.04. The first kappa shape index (κ1) is 17.0. The number of rotatable bonds is 4. The average molecular weight is 313 g/mol. The summed E-state index contributed by atoms with van der Waals surface area (Å²) in [7, 11) is 1.59. The van der Waals surface area contributed by atoms with Crippen LogP contribution in [0, 0.1) is 5.41 Å². The SMILES string of the molecule is CN1C(=O)N(CCN2CCOCC2)CC1(C(=O)O)C(C)(C)C. The maximum atomic E-state index is 12.5. The quantitative estimate of drug-likeness (QED) is 0.821. The van der Waals surface area contributed by atoms with Gasteiger partial charge in [0.2, 0.25) is 0 Å². The molecule has 0 aliphatic carbocycles. The number of carbonyl (C=O) groups is 2. The minimum absolute atomic E-state index is 0.203. The molecule has 1 atom stereocenters. The summed E-state index contributed by atoms with van der Waals surface area (Å²) in [5.41, 5.74) is -1.73. The molecule has 2 saturated heterocycles. The number of hydrogen-bond donors (Lipinski definition) is 1. The number of ether oxygens (including phenoxy) is 1. The highest BCUT2D eigenvalue weighted by Gasteiger charge is 2.60. The summed E-state index contributed by atoms with van der Waals surface area (Å²) in [5.74, 6) is -0.940. The van der Waals surface area contributed by atoms with Gasteiger partial charge in [0.25, 0.3) is 0 Å². The number of amides is 2. The molecule has 2 rings (SSSR count). The van der Waals surface area contributed by atoms with Crippen molar-refractivity contribution in [3.8, 4) is 0 Å². The second-order valence-electron chi connectivity index (χ2n) is 7.13. The van der Waals surface area contributed by atoms with Gasteiger partial charge >= 0.3 is 12.0 Å². The number of nitrogens with zero attached hydrogens (tertiary/aromatic N) is 3. The molecule has 0 radical (unpaired) electrons. The van der Waals surface area contributed by atoms with E-state index < -0.39 is 16.9 Å². The predicted octanol–water partition coefficient (Wildman–Crippen LogP) is 0.556. The Morgan fingerprint density at radius 1 is 1.27 bits per heavy atom. The zero-order valence-electron chi connectivity index (χ0n) is 14.0. The number of carbonyl (C=O) groups excluding carboxylic acids is 1. The molecule has 2 heterocycles.